The van der Waals surface area contributed by atoms with E-state index in [0.717, 1.165) is 6.54 Å². The summed E-state index contributed by atoms with van der Waals surface area (Å²) in [5, 5.41) is -6.31. The molecule has 1 heterocycles. The Balaban J connectivity index is 0.000000433. The van der Waals surface area contributed by atoms with Crippen molar-refractivity contribution in [2.45, 2.75) is 43.9 Å². The molecule has 0 fully saturated rings. The van der Waals surface area contributed by atoms with Crippen molar-refractivity contribution >= 4 is 10.1 Å². The Kier molecular flexibility index (Phi) is 7.54. The van der Waals surface area contributed by atoms with E-state index >= 15 is 0 Å². The second-order valence-electron chi connectivity index (χ2n) is 4.57. The van der Waals surface area contributed by atoms with Crippen LogP contribution in [0.4, 0.5) is 26.3 Å². The fraction of sp³-hybridized carbons (Fsp3) is 0.727. The van der Waals surface area contributed by atoms with Crippen LogP contribution in [0.5, 0.6) is 0 Å². The van der Waals surface area contributed by atoms with Gasteiger partial charge in [0, 0.05) is 0 Å². The van der Waals surface area contributed by atoms with E-state index in [-0.39, 0.29) is 0 Å². The van der Waals surface area contributed by atoms with Gasteiger partial charge in [0.05, 0.1) is 13.6 Å². The van der Waals surface area contributed by atoms with Gasteiger partial charge >= 0.3 is 17.6 Å². The lowest BCUT2D eigenvalue weighted by molar-refractivity contribution is -0.671. The van der Waals surface area contributed by atoms with Crippen LogP contribution in [0.1, 0.15) is 19.8 Å². The lowest BCUT2D eigenvalue weighted by atomic mass is 10.3. The molecule has 0 aliphatic heterocycles. The highest BCUT2D eigenvalue weighted by Gasteiger charge is 2.67. The van der Waals surface area contributed by atoms with Gasteiger partial charge in [0.15, 0.2) is 10.1 Å². The molecule has 5 nitrogen and oxygen atoms in total. The van der Waals surface area contributed by atoms with Gasteiger partial charge in [-0.3, -0.25) is 0 Å². The van der Waals surface area contributed by atoms with Gasteiger partial charge in [0.25, 0.3) is 0 Å². The van der Waals surface area contributed by atoms with Crippen LogP contribution >= 0.6 is 0 Å². The van der Waals surface area contributed by atoms with Crippen molar-refractivity contribution in [3.63, 3.8) is 0 Å². The number of aryl methyl sites for hydroxylation is 2. The standard InChI is InChI=1S/C8H15N2.C3H2F6O3S/c1-3-4-5-10-7-6-9(2)8-10;4-1(5)2(6,7)3(8,9)13(10,11)12/h6-8H,3-5H2,1-2H3;1H,(H,10,11,12)/q+1;/p-1. The molecule has 0 spiro atoms. The normalized spacial score (nSPS) is 13.0. The Morgan fingerprint density at radius 3 is 2.04 bits per heavy atom. The van der Waals surface area contributed by atoms with Gasteiger partial charge in [-0.15, -0.1) is 0 Å². The van der Waals surface area contributed by atoms with E-state index in [9.17, 15) is 39.3 Å². The molecular weight excluding hydrogens is 354 g/mol. The number of aromatic nitrogens is 2. The lowest BCUT2D eigenvalue weighted by Gasteiger charge is -2.27. The summed E-state index contributed by atoms with van der Waals surface area (Å²) >= 11 is 0. The first kappa shape index (κ1) is 21.7. The molecule has 0 aliphatic carbocycles. The molecule has 0 bridgehead atoms. The minimum atomic E-state index is -6.82. The summed E-state index contributed by atoms with van der Waals surface area (Å²) in [5.74, 6) is -6.19. The molecule has 1 aromatic heterocycles. The van der Waals surface area contributed by atoms with Crippen LogP contribution in [0.2, 0.25) is 0 Å². The molecule has 0 N–H and O–H groups in total. The molecule has 0 amide bonds. The van der Waals surface area contributed by atoms with Crippen molar-refractivity contribution in [2.24, 2.45) is 7.05 Å². The van der Waals surface area contributed by atoms with Gasteiger partial charge in [0.1, 0.15) is 12.4 Å². The summed E-state index contributed by atoms with van der Waals surface area (Å²) in [6, 6.07) is 0. The van der Waals surface area contributed by atoms with Crippen LogP contribution in [-0.2, 0) is 23.7 Å². The minimum absolute atomic E-state index is 1.15. The number of hydrogen-bond acceptors (Lipinski definition) is 3. The number of rotatable bonds is 6. The summed E-state index contributed by atoms with van der Waals surface area (Å²) in [7, 11) is -4.77. The molecule has 1 rings (SSSR count). The zero-order valence-corrected chi connectivity index (χ0v) is 13.0. The van der Waals surface area contributed by atoms with E-state index in [1.54, 1.807) is 0 Å². The quantitative estimate of drug-likeness (QED) is 0.438. The molecule has 136 valence electrons. The topological polar surface area (TPSA) is 66.0 Å². The fourth-order valence-corrected chi connectivity index (χ4v) is 1.69. The SMILES string of the molecule is CCCCn1cc[n+](C)c1.O=S(=O)([O-])C(F)(F)C(F)(F)C(F)F. The number of alkyl halides is 6. The summed E-state index contributed by atoms with van der Waals surface area (Å²) in [5.41, 5.74) is 0. The summed E-state index contributed by atoms with van der Waals surface area (Å²) < 4.78 is 102. The molecule has 1 aromatic rings. The third-order valence-electron chi connectivity index (χ3n) is 2.57. The first-order valence-electron chi connectivity index (χ1n) is 6.27. The van der Waals surface area contributed by atoms with Crippen LogP contribution in [0.15, 0.2) is 18.7 Å². The highest BCUT2D eigenvalue weighted by Crippen LogP contribution is 2.42. The Labute approximate surface area is 129 Å². The second-order valence-corrected chi connectivity index (χ2v) is 5.99. The second kappa shape index (κ2) is 7.99. The average Bonchev–Trinajstić information content (AvgIpc) is 2.81. The monoisotopic (exact) mass is 370 g/mol. The van der Waals surface area contributed by atoms with Crippen LogP contribution < -0.4 is 4.57 Å². The van der Waals surface area contributed by atoms with E-state index in [1.165, 1.54) is 12.8 Å². The van der Waals surface area contributed by atoms with E-state index in [2.05, 4.69) is 34.8 Å². The predicted molar refractivity (Wildman–Crippen MR) is 66.1 cm³/mol. The van der Waals surface area contributed by atoms with Gasteiger partial charge in [-0.1, -0.05) is 13.3 Å². The van der Waals surface area contributed by atoms with Crippen molar-refractivity contribution in [2.75, 3.05) is 0 Å². The third-order valence-corrected chi connectivity index (χ3v) is 3.47. The molecule has 0 saturated carbocycles. The number of hydrogen-bond donors (Lipinski definition) is 0. The minimum Gasteiger partial charge on any atom is -0.743 e. The molecule has 0 atom stereocenters. The smallest absolute Gasteiger partial charge is 0.402 e. The van der Waals surface area contributed by atoms with Crippen molar-refractivity contribution < 1.29 is 43.9 Å². The van der Waals surface area contributed by atoms with Gasteiger partial charge in [0.2, 0.25) is 6.33 Å². The van der Waals surface area contributed by atoms with Crippen molar-refractivity contribution in [1.82, 2.24) is 4.57 Å². The number of nitrogens with zero attached hydrogens (tertiary/aromatic N) is 2. The zero-order valence-electron chi connectivity index (χ0n) is 12.2. The summed E-state index contributed by atoms with van der Waals surface area (Å²) in [6.45, 7) is 3.36. The average molecular weight is 370 g/mol. The van der Waals surface area contributed by atoms with E-state index < -0.39 is 27.7 Å². The Hall–Kier alpha value is -1.30. The third kappa shape index (κ3) is 5.68. The van der Waals surface area contributed by atoms with Gasteiger partial charge < -0.3 is 4.55 Å². The van der Waals surface area contributed by atoms with E-state index in [0.29, 0.717) is 0 Å². The van der Waals surface area contributed by atoms with Crippen molar-refractivity contribution in [1.29, 1.82) is 0 Å². The maximum atomic E-state index is 11.8. The molecule has 0 unspecified atom stereocenters. The highest BCUT2D eigenvalue weighted by molar-refractivity contribution is 7.86. The zero-order chi connectivity index (χ0) is 18.5. The van der Waals surface area contributed by atoms with Crippen LogP contribution in [-0.4, -0.2) is 35.1 Å². The fourth-order valence-electron chi connectivity index (χ4n) is 1.27. The van der Waals surface area contributed by atoms with Crippen LogP contribution in [0.25, 0.3) is 0 Å². The van der Waals surface area contributed by atoms with Gasteiger partial charge in [-0.25, -0.2) is 26.3 Å². The van der Waals surface area contributed by atoms with Gasteiger partial charge in [-0.05, 0) is 6.42 Å². The highest BCUT2D eigenvalue weighted by atomic mass is 32.2. The molecule has 0 saturated heterocycles. The lowest BCUT2D eigenvalue weighted by Crippen LogP contribution is -2.51. The molecule has 0 aliphatic rings. The largest absolute Gasteiger partial charge is 0.743 e. The van der Waals surface area contributed by atoms with Crippen molar-refractivity contribution in [3.05, 3.63) is 18.7 Å². The summed E-state index contributed by atoms with van der Waals surface area (Å²) in [6.07, 6.45) is 3.88. The van der Waals surface area contributed by atoms with Crippen molar-refractivity contribution in [3.8, 4) is 0 Å². The molecule has 23 heavy (non-hydrogen) atoms. The Bertz CT molecular complexity index is 588. The number of halogens is 6. The molecular formula is C11H16F6N2O3S. The van der Waals surface area contributed by atoms with E-state index in [4.69, 9.17) is 0 Å². The first-order valence-corrected chi connectivity index (χ1v) is 7.68. The predicted octanol–water partition coefficient (Wildman–Crippen LogP) is 2.14. The molecule has 12 heteroatoms. The Morgan fingerprint density at radius 2 is 1.78 bits per heavy atom. The number of unbranched alkanes of at least 4 members (excludes halogenated alkanes) is 1. The summed E-state index contributed by atoms with van der Waals surface area (Å²) in [4.78, 5) is 0. The van der Waals surface area contributed by atoms with Crippen LogP contribution in [0.3, 0.4) is 0 Å². The number of imidazole rings is 1. The van der Waals surface area contributed by atoms with Crippen LogP contribution in [0, 0.1) is 0 Å². The molecule has 0 aromatic carbocycles. The van der Waals surface area contributed by atoms with E-state index in [1.807, 2.05) is 7.05 Å². The maximum absolute atomic E-state index is 11.8. The first-order chi connectivity index (χ1) is 10.3. The molecule has 0 radical (unpaired) electrons. The van der Waals surface area contributed by atoms with Gasteiger partial charge in [-0.2, -0.15) is 17.6 Å². The maximum Gasteiger partial charge on any atom is 0.402 e. The Morgan fingerprint density at radius 1 is 1.26 bits per heavy atom.